The Kier molecular flexibility index (Phi) is 6.74. The van der Waals surface area contributed by atoms with E-state index < -0.39 is 44.3 Å². The fourth-order valence-corrected chi connectivity index (χ4v) is 6.23. The predicted molar refractivity (Wildman–Crippen MR) is 126 cm³/mol. The molecule has 1 amide bonds. The van der Waals surface area contributed by atoms with Crippen LogP contribution in [0.1, 0.15) is 29.0 Å². The first-order valence-corrected chi connectivity index (χ1v) is 13.4. The molecule has 1 saturated carbocycles. The molecule has 2 atom stereocenters. The van der Waals surface area contributed by atoms with Gasteiger partial charge in [-0.3, -0.25) is 4.79 Å². The number of benzene rings is 2. The Bertz CT molecular complexity index is 1460. The molecule has 0 bridgehead atoms. The zero-order valence-electron chi connectivity index (χ0n) is 20.2. The number of carbonyl (C=O) groups is 1. The standard InChI is InChI=1S/C25H22F6N4O3S/c26-24(27,28)17-4-2-16(3-5-17)21-15-22(21)23(36)33-8-10-34(11-9-33)39(37,38)20-13-18(25(29,30)31)12-19(14-20)35-7-1-6-32-35/h1-7,12-14,21-22H,8-11,15H2/t21-,22+/m0/s1. The summed E-state index contributed by atoms with van der Waals surface area (Å²) in [5, 5.41) is 3.89. The molecule has 1 aliphatic heterocycles. The van der Waals surface area contributed by atoms with Crippen molar-refractivity contribution in [1.82, 2.24) is 19.0 Å². The summed E-state index contributed by atoms with van der Waals surface area (Å²) < 4.78 is 108. The van der Waals surface area contributed by atoms with Gasteiger partial charge in [0.2, 0.25) is 15.9 Å². The normalized spacial score (nSPS) is 20.7. The van der Waals surface area contributed by atoms with Crippen molar-refractivity contribution in [3.8, 4) is 5.69 Å². The van der Waals surface area contributed by atoms with E-state index in [-0.39, 0.29) is 43.7 Å². The minimum Gasteiger partial charge on any atom is -0.340 e. The molecule has 7 nitrogen and oxygen atoms in total. The Morgan fingerprint density at radius 3 is 2.08 bits per heavy atom. The van der Waals surface area contributed by atoms with E-state index in [0.717, 1.165) is 33.3 Å². The molecule has 2 heterocycles. The average molecular weight is 573 g/mol. The second-order valence-corrected chi connectivity index (χ2v) is 11.4. The monoisotopic (exact) mass is 572 g/mol. The lowest BCUT2D eigenvalue weighted by Crippen LogP contribution is -2.51. The van der Waals surface area contributed by atoms with Crippen LogP contribution in [0.25, 0.3) is 5.69 Å². The van der Waals surface area contributed by atoms with Crippen LogP contribution < -0.4 is 0 Å². The van der Waals surface area contributed by atoms with Crippen LogP contribution in [0, 0.1) is 5.92 Å². The van der Waals surface area contributed by atoms with Gasteiger partial charge >= 0.3 is 12.4 Å². The highest BCUT2D eigenvalue weighted by Gasteiger charge is 2.47. The number of amides is 1. The number of rotatable bonds is 5. The molecule has 0 radical (unpaired) electrons. The summed E-state index contributed by atoms with van der Waals surface area (Å²) in [5.41, 5.74) is -1.35. The van der Waals surface area contributed by atoms with E-state index in [1.165, 1.54) is 35.5 Å². The number of nitrogens with zero attached hydrogens (tertiary/aromatic N) is 4. The summed E-state index contributed by atoms with van der Waals surface area (Å²) in [7, 11) is -4.32. The van der Waals surface area contributed by atoms with E-state index in [0.29, 0.717) is 18.1 Å². The summed E-state index contributed by atoms with van der Waals surface area (Å²) >= 11 is 0. The highest BCUT2D eigenvalue weighted by atomic mass is 32.2. The van der Waals surface area contributed by atoms with Crippen molar-refractivity contribution in [3.63, 3.8) is 0 Å². The molecule has 39 heavy (non-hydrogen) atoms. The molecule has 5 rings (SSSR count). The van der Waals surface area contributed by atoms with Gasteiger partial charge in [0, 0.05) is 44.5 Å². The fourth-order valence-electron chi connectivity index (χ4n) is 4.74. The lowest BCUT2D eigenvalue weighted by atomic mass is 10.1. The first-order valence-electron chi connectivity index (χ1n) is 11.9. The Morgan fingerprint density at radius 2 is 1.51 bits per heavy atom. The third kappa shape index (κ3) is 5.53. The van der Waals surface area contributed by atoms with Gasteiger partial charge in [0.05, 0.1) is 21.7 Å². The van der Waals surface area contributed by atoms with Gasteiger partial charge in [0.25, 0.3) is 0 Å². The smallest absolute Gasteiger partial charge is 0.340 e. The summed E-state index contributed by atoms with van der Waals surface area (Å²) in [6, 6.07) is 8.68. The van der Waals surface area contributed by atoms with Crippen LogP contribution >= 0.6 is 0 Å². The molecule has 208 valence electrons. The van der Waals surface area contributed by atoms with E-state index in [1.54, 1.807) is 0 Å². The van der Waals surface area contributed by atoms with Crippen molar-refractivity contribution >= 4 is 15.9 Å². The Labute approximate surface area is 219 Å². The van der Waals surface area contributed by atoms with Gasteiger partial charge in [-0.25, -0.2) is 13.1 Å². The van der Waals surface area contributed by atoms with Gasteiger partial charge < -0.3 is 4.90 Å². The largest absolute Gasteiger partial charge is 0.416 e. The Morgan fingerprint density at radius 1 is 0.872 bits per heavy atom. The molecule has 0 unspecified atom stereocenters. The minimum atomic E-state index is -4.79. The van der Waals surface area contributed by atoms with Crippen LogP contribution in [0.4, 0.5) is 26.3 Å². The van der Waals surface area contributed by atoms with E-state index >= 15 is 0 Å². The molecular weight excluding hydrogens is 550 g/mol. The molecule has 0 spiro atoms. The van der Waals surface area contributed by atoms with E-state index in [4.69, 9.17) is 0 Å². The van der Waals surface area contributed by atoms with Gasteiger partial charge in [-0.05, 0) is 54.3 Å². The van der Waals surface area contributed by atoms with Crippen LogP contribution in [-0.2, 0) is 27.2 Å². The zero-order valence-corrected chi connectivity index (χ0v) is 21.0. The number of halogens is 6. The highest BCUT2D eigenvalue weighted by molar-refractivity contribution is 7.89. The molecular formula is C25H22F6N4O3S. The average Bonchev–Trinajstić information content (AvgIpc) is 3.50. The Hall–Kier alpha value is -3.39. The predicted octanol–water partition coefficient (Wildman–Crippen LogP) is 4.55. The zero-order chi connectivity index (χ0) is 28.2. The van der Waals surface area contributed by atoms with Gasteiger partial charge in [-0.15, -0.1) is 0 Å². The van der Waals surface area contributed by atoms with E-state index in [9.17, 15) is 39.6 Å². The lowest BCUT2D eigenvalue weighted by Gasteiger charge is -2.34. The van der Waals surface area contributed by atoms with Crippen LogP contribution in [0.3, 0.4) is 0 Å². The first-order chi connectivity index (χ1) is 18.2. The number of hydrogen-bond donors (Lipinski definition) is 0. The SMILES string of the molecule is O=C([C@@H]1C[C@H]1c1ccc(C(F)(F)F)cc1)N1CCN(S(=O)(=O)c2cc(-n3cccn3)cc(C(F)(F)F)c2)CC1. The van der Waals surface area contributed by atoms with Crippen molar-refractivity contribution in [3.05, 3.63) is 77.6 Å². The number of sulfonamides is 1. The van der Waals surface area contributed by atoms with Gasteiger partial charge in [0.1, 0.15) is 0 Å². The summed E-state index contributed by atoms with van der Waals surface area (Å²) in [5.74, 6) is -0.852. The number of alkyl halides is 6. The topological polar surface area (TPSA) is 75.5 Å². The van der Waals surface area contributed by atoms with Crippen molar-refractivity contribution in [2.24, 2.45) is 5.92 Å². The van der Waals surface area contributed by atoms with Crippen LogP contribution in [0.2, 0.25) is 0 Å². The summed E-state index contributed by atoms with van der Waals surface area (Å²) in [4.78, 5) is 13.9. The fraction of sp³-hybridized carbons (Fsp3) is 0.360. The third-order valence-electron chi connectivity index (χ3n) is 6.95. The van der Waals surface area contributed by atoms with Crippen molar-refractivity contribution in [2.45, 2.75) is 29.6 Å². The van der Waals surface area contributed by atoms with E-state index in [2.05, 4.69) is 5.10 Å². The second kappa shape index (κ2) is 9.66. The Balaban J connectivity index is 1.26. The van der Waals surface area contributed by atoms with Crippen LogP contribution in [0.15, 0.2) is 65.8 Å². The van der Waals surface area contributed by atoms with Gasteiger partial charge in [-0.2, -0.15) is 35.7 Å². The van der Waals surface area contributed by atoms with Crippen molar-refractivity contribution in [2.75, 3.05) is 26.2 Å². The number of aromatic nitrogens is 2. The maximum Gasteiger partial charge on any atom is 0.416 e. The maximum absolute atomic E-state index is 13.5. The van der Waals surface area contributed by atoms with Crippen LogP contribution in [-0.4, -0.2) is 59.5 Å². The third-order valence-corrected chi connectivity index (χ3v) is 8.83. The lowest BCUT2D eigenvalue weighted by molar-refractivity contribution is -0.138. The molecule has 2 fully saturated rings. The first kappa shape index (κ1) is 27.2. The number of hydrogen-bond acceptors (Lipinski definition) is 4. The molecule has 14 heteroatoms. The molecule has 2 aliphatic rings. The quantitative estimate of drug-likeness (QED) is 0.421. The molecule has 0 N–H and O–H groups in total. The van der Waals surface area contributed by atoms with Gasteiger partial charge in [-0.1, -0.05) is 12.1 Å². The highest BCUT2D eigenvalue weighted by Crippen LogP contribution is 2.49. The molecule has 2 aromatic carbocycles. The summed E-state index contributed by atoms with van der Waals surface area (Å²) in [6.45, 7) is -0.142. The van der Waals surface area contributed by atoms with Crippen molar-refractivity contribution < 1.29 is 39.6 Å². The van der Waals surface area contributed by atoms with Crippen LogP contribution in [0.5, 0.6) is 0 Å². The minimum absolute atomic E-state index is 0.0409. The number of carbonyl (C=O) groups excluding carboxylic acids is 1. The molecule has 1 aliphatic carbocycles. The number of piperazine rings is 1. The van der Waals surface area contributed by atoms with E-state index in [1.807, 2.05) is 0 Å². The molecule has 3 aromatic rings. The molecule has 1 aromatic heterocycles. The maximum atomic E-state index is 13.5. The van der Waals surface area contributed by atoms with Gasteiger partial charge in [0.15, 0.2) is 0 Å². The van der Waals surface area contributed by atoms with Crippen molar-refractivity contribution in [1.29, 1.82) is 0 Å². The second-order valence-electron chi connectivity index (χ2n) is 9.46. The molecule has 1 saturated heterocycles. The summed E-state index contributed by atoms with van der Waals surface area (Å²) in [6.07, 6.45) is -6.01.